The second-order valence-electron chi connectivity index (χ2n) is 5.43. The van der Waals surface area contributed by atoms with E-state index in [1.165, 1.54) is 44.9 Å². The van der Waals surface area contributed by atoms with Crippen LogP contribution in [-0.2, 0) is 3.79 Å². The predicted octanol–water partition coefficient (Wildman–Crippen LogP) is 5.56. The largest absolute Gasteiger partial charge is 0.354 e. The van der Waals surface area contributed by atoms with E-state index in [1.807, 2.05) is 0 Å². The maximum absolute atomic E-state index is 5.81. The van der Waals surface area contributed by atoms with Crippen LogP contribution in [0.5, 0.6) is 0 Å². The lowest BCUT2D eigenvalue weighted by Crippen LogP contribution is -2.14. The molecule has 126 valence electrons. The van der Waals surface area contributed by atoms with Gasteiger partial charge in [-0.15, -0.1) is 0 Å². The monoisotopic (exact) mass is 366 g/mol. The Balaban J connectivity index is 2.24. The quantitative estimate of drug-likeness (QED) is 0.434. The third-order valence-corrected chi connectivity index (χ3v) is 3.82. The summed E-state index contributed by atoms with van der Waals surface area (Å²) in [4.78, 5) is 12.4. The third kappa shape index (κ3) is 8.35. The lowest BCUT2D eigenvalue weighted by Gasteiger charge is -2.11. The molecule has 0 aromatic carbocycles. The number of anilines is 1. The average molecular weight is 368 g/mol. The van der Waals surface area contributed by atoms with Crippen molar-refractivity contribution in [2.24, 2.45) is 0 Å². The lowest BCUT2D eigenvalue weighted by atomic mass is 10.1. The van der Waals surface area contributed by atoms with Crippen molar-refractivity contribution in [2.45, 2.75) is 69.0 Å². The first-order valence-corrected chi connectivity index (χ1v) is 9.10. The molecule has 1 heterocycles. The third-order valence-electron chi connectivity index (χ3n) is 3.31. The number of aryl methyl sites for hydroxylation is 1. The van der Waals surface area contributed by atoms with Crippen LogP contribution in [0, 0.1) is 6.92 Å². The van der Waals surface area contributed by atoms with Crippen molar-refractivity contribution in [3.05, 3.63) is 11.6 Å². The van der Waals surface area contributed by atoms with E-state index in [0.717, 1.165) is 13.0 Å². The van der Waals surface area contributed by atoms with E-state index in [-0.39, 0.29) is 5.82 Å². The molecule has 0 saturated carbocycles. The van der Waals surface area contributed by atoms with Crippen LogP contribution in [0.4, 0.5) is 5.95 Å². The zero-order chi connectivity index (χ0) is 16.4. The van der Waals surface area contributed by atoms with Gasteiger partial charge in [0.25, 0.3) is 0 Å². The van der Waals surface area contributed by atoms with Crippen LogP contribution in [0.3, 0.4) is 0 Å². The number of hydrogen-bond donors (Lipinski definition) is 1. The standard InChI is InChI=1S/C15H25Cl3N4/c1-3-4-5-6-7-8-9-10-11-19-14-21-12(2)20-13(22-14)15(16,17)18/h3-11H2,1-2H3,(H,19,20,21,22). The van der Waals surface area contributed by atoms with Crippen molar-refractivity contribution in [3.8, 4) is 0 Å². The molecule has 1 rings (SSSR count). The second kappa shape index (κ2) is 10.5. The molecule has 0 aliphatic rings. The molecule has 0 unspecified atom stereocenters. The van der Waals surface area contributed by atoms with Gasteiger partial charge in [0.15, 0.2) is 5.82 Å². The van der Waals surface area contributed by atoms with E-state index in [4.69, 9.17) is 34.8 Å². The van der Waals surface area contributed by atoms with Gasteiger partial charge in [0, 0.05) is 6.54 Å². The predicted molar refractivity (Wildman–Crippen MR) is 94.9 cm³/mol. The molecule has 4 nitrogen and oxygen atoms in total. The first-order valence-electron chi connectivity index (χ1n) is 7.97. The molecule has 1 N–H and O–H groups in total. The van der Waals surface area contributed by atoms with Crippen molar-refractivity contribution in [1.29, 1.82) is 0 Å². The Morgan fingerprint density at radius 2 is 1.45 bits per heavy atom. The lowest BCUT2D eigenvalue weighted by molar-refractivity contribution is 0.580. The van der Waals surface area contributed by atoms with E-state index >= 15 is 0 Å². The first-order chi connectivity index (χ1) is 10.4. The molecule has 22 heavy (non-hydrogen) atoms. The van der Waals surface area contributed by atoms with E-state index in [1.54, 1.807) is 6.92 Å². The van der Waals surface area contributed by atoms with Gasteiger partial charge in [-0.3, -0.25) is 0 Å². The highest BCUT2D eigenvalue weighted by atomic mass is 35.6. The topological polar surface area (TPSA) is 50.7 Å². The van der Waals surface area contributed by atoms with Crippen LogP contribution >= 0.6 is 34.8 Å². The van der Waals surface area contributed by atoms with Gasteiger partial charge in [-0.05, 0) is 13.3 Å². The van der Waals surface area contributed by atoms with Crippen LogP contribution in [0.25, 0.3) is 0 Å². The summed E-state index contributed by atoms with van der Waals surface area (Å²) in [7, 11) is 0. The van der Waals surface area contributed by atoms with Crippen LogP contribution in [0.2, 0.25) is 0 Å². The van der Waals surface area contributed by atoms with Gasteiger partial charge in [0.2, 0.25) is 9.74 Å². The van der Waals surface area contributed by atoms with Crippen molar-refractivity contribution >= 4 is 40.8 Å². The number of nitrogens with zero attached hydrogens (tertiary/aromatic N) is 3. The fourth-order valence-electron chi connectivity index (χ4n) is 2.15. The summed E-state index contributed by atoms with van der Waals surface area (Å²) in [5.41, 5.74) is 0. The summed E-state index contributed by atoms with van der Waals surface area (Å²) in [6.07, 6.45) is 10.3. The minimum atomic E-state index is -1.62. The molecule has 0 aliphatic heterocycles. The van der Waals surface area contributed by atoms with Gasteiger partial charge in [0.05, 0.1) is 0 Å². The highest BCUT2D eigenvalue weighted by Gasteiger charge is 2.27. The average Bonchev–Trinajstić information content (AvgIpc) is 2.44. The zero-order valence-electron chi connectivity index (χ0n) is 13.3. The Labute approximate surface area is 148 Å². The normalized spacial score (nSPS) is 11.7. The van der Waals surface area contributed by atoms with Gasteiger partial charge in [0.1, 0.15) is 5.82 Å². The molecule has 1 aromatic rings. The van der Waals surface area contributed by atoms with E-state index in [0.29, 0.717) is 11.8 Å². The SMILES string of the molecule is CCCCCCCCCCNc1nc(C)nc(C(Cl)(Cl)Cl)n1. The molecule has 0 spiro atoms. The maximum atomic E-state index is 5.81. The van der Waals surface area contributed by atoms with Crippen molar-refractivity contribution < 1.29 is 0 Å². The molecule has 0 radical (unpaired) electrons. The summed E-state index contributed by atoms with van der Waals surface area (Å²) in [5, 5.41) is 3.17. The zero-order valence-corrected chi connectivity index (χ0v) is 15.6. The second-order valence-corrected chi connectivity index (χ2v) is 7.71. The fourth-order valence-corrected chi connectivity index (χ4v) is 2.40. The van der Waals surface area contributed by atoms with Gasteiger partial charge in [-0.1, -0.05) is 86.7 Å². The summed E-state index contributed by atoms with van der Waals surface area (Å²) in [5.74, 6) is 1.16. The van der Waals surface area contributed by atoms with Crippen LogP contribution in [0.15, 0.2) is 0 Å². The molecule has 0 bridgehead atoms. The smallest absolute Gasteiger partial charge is 0.250 e. The molecule has 1 aromatic heterocycles. The Morgan fingerprint density at radius 3 is 2.05 bits per heavy atom. The number of aromatic nitrogens is 3. The summed E-state index contributed by atoms with van der Waals surface area (Å²) < 4.78 is -1.62. The number of halogens is 3. The van der Waals surface area contributed by atoms with E-state index in [2.05, 4.69) is 27.2 Å². The maximum Gasteiger partial charge on any atom is 0.250 e. The highest BCUT2D eigenvalue weighted by molar-refractivity contribution is 6.66. The Bertz CT molecular complexity index is 435. The minimum Gasteiger partial charge on any atom is -0.354 e. The highest BCUT2D eigenvalue weighted by Crippen LogP contribution is 2.35. The van der Waals surface area contributed by atoms with Gasteiger partial charge in [-0.2, -0.15) is 9.97 Å². The molecule has 0 fully saturated rings. The number of nitrogens with one attached hydrogen (secondary N) is 1. The van der Waals surface area contributed by atoms with Crippen molar-refractivity contribution in [2.75, 3.05) is 11.9 Å². The Kier molecular flexibility index (Phi) is 9.37. The molecule has 7 heteroatoms. The summed E-state index contributed by atoms with van der Waals surface area (Å²) >= 11 is 17.4. The minimum absolute atomic E-state index is 0.156. The molecular weight excluding hydrogens is 343 g/mol. The number of alkyl halides is 3. The van der Waals surface area contributed by atoms with Crippen LogP contribution in [-0.4, -0.2) is 21.5 Å². The van der Waals surface area contributed by atoms with Crippen LogP contribution < -0.4 is 5.32 Å². The number of rotatable bonds is 10. The molecular formula is C15H25Cl3N4. The molecule has 0 aliphatic carbocycles. The molecule has 0 amide bonds. The Hall–Kier alpha value is -0.320. The number of hydrogen-bond acceptors (Lipinski definition) is 4. The summed E-state index contributed by atoms with van der Waals surface area (Å²) in [6, 6.07) is 0. The van der Waals surface area contributed by atoms with Gasteiger partial charge in [-0.25, -0.2) is 4.98 Å². The first kappa shape index (κ1) is 19.7. The van der Waals surface area contributed by atoms with Crippen LogP contribution in [0.1, 0.15) is 69.9 Å². The van der Waals surface area contributed by atoms with Gasteiger partial charge >= 0.3 is 0 Å². The molecule has 0 atom stereocenters. The Morgan fingerprint density at radius 1 is 0.864 bits per heavy atom. The van der Waals surface area contributed by atoms with E-state index in [9.17, 15) is 0 Å². The van der Waals surface area contributed by atoms with Crippen molar-refractivity contribution in [3.63, 3.8) is 0 Å². The van der Waals surface area contributed by atoms with E-state index < -0.39 is 3.79 Å². The van der Waals surface area contributed by atoms with Gasteiger partial charge < -0.3 is 5.32 Å². The molecule has 0 saturated heterocycles. The van der Waals surface area contributed by atoms with Crippen molar-refractivity contribution in [1.82, 2.24) is 15.0 Å². The fraction of sp³-hybridized carbons (Fsp3) is 0.800. The summed E-state index contributed by atoms with van der Waals surface area (Å²) in [6.45, 7) is 4.81. The number of unbranched alkanes of at least 4 members (excludes halogenated alkanes) is 7.